The van der Waals surface area contributed by atoms with E-state index in [-0.39, 0.29) is 17.4 Å². The summed E-state index contributed by atoms with van der Waals surface area (Å²) in [4.78, 5) is 15.9. The lowest BCUT2D eigenvalue weighted by Gasteiger charge is -2.23. The van der Waals surface area contributed by atoms with Crippen molar-refractivity contribution >= 4 is 21.6 Å². The van der Waals surface area contributed by atoms with E-state index < -0.39 is 15.4 Å². The number of sulfone groups is 1. The Bertz CT molecular complexity index is 584. The largest absolute Gasteiger partial charge is 0.346 e. The van der Waals surface area contributed by atoms with Crippen LogP contribution in [0.1, 0.15) is 23.7 Å². The van der Waals surface area contributed by atoms with Crippen molar-refractivity contribution in [3.8, 4) is 0 Å². The zero-order chi connectivity index (χ0) is 14.1. The standard InChI is InChI=1S/C11H16N4O3S/c1-11(4-5-19(17,18)7-11)14-10(16)8-2-3-9(15-12)13-6-8/h2-3,6H,4-5,7,12H2,1H3,(H,13,15)(H,14,16). The van der Waals surface area contributed by atoms with Crippen molar-refractivity contribution in [2.75, 3.05) is 16.9 Å². The van der Waals surface area contributed by atoms with Crippen molar-refractivity contribution in [1.82, 2.24) is 10.3 Å². The zero-order valence-corrected chi connectivity index (χ0v) is 11.3. The molecule has 1 aliphatic heterocycles. The molecule has 0 aromatic carbocycles. The Balaban J connectivity index is 2.08. The van der Waals surface area contributed by atoms with Gasteiger partial charge in [0.2, 0.25) is 0 Å². The number of amides is 1. The van der Waals surface area contributed by atoms with Crippen LogP contribution in [0.2, 0.25) is 0 Å². The summed E-state index contributed by atoms with van der Waals surface area (Å²) >= 11 is 0. The summed E-state index contributed by atoms with van der Waals surface area (Å²) in [5.41, 5.74) is 2.02. The molecule has 1 saturated heterocycles. The molecule has 104 valence electrons. The van der Waals surface area contributed by atoms with Crippen LogP contribution in [-0.4, -0.2) is 36.4 Å². The van der Waals surface area contributed by atoms with E-state index >= 15 is 0 Å². The molecule has 2 rings (SSSR count). The number of nitrogens with one attached hydrogen (secondary N) is 2. The number of hydrogen-bond acceptors (Lipinski definition) is 6. The van der Waals surface area contributed by atoms with Gasteiger partial charge in [-0.25, -0.2) is 19.2 Å². The number of carbonyl (C=O) groups excluding carboxylic acids is 1. The highest BCUT2D eigenvalue weighted by Gasteiger charge is 2.39. The Hall–Kier alpha value is -1.67. The summed E-state index contributed by atoms with van der Waals surface area (Å²) in [6.45, 7) is 1.73. The third kappa shape index (κ3) is 3.21. The lowest BCUT2D eigenvalue weighted by atomic mass is 10.0. The molecule has 0 saturated carbocycles. The number of anilines is 1. The van der Waals surface area contributed by atoms with Crippen molar-refractivity contribution < 1.29 is 13.2 Å². The summed E-state index contributed by atoms with van der Waals surface area (Å²) in [7, 11) is -3.05. The molecular formula is C11H16N4O3S. The second-order valence-corrected chi connectivity index (χ2v) is 7.12. The van der Waals surface area contributed by atoms with Crippen LogP contribution >= 0.6 is 0 Å². The molecule has 1 fully saturated rings. The minimum atomic E-state index is -3.05. The SMILES string of the molecule is CC1(NC(=O)c2ccc(NN)nc2)CCS(=O)(=O)C1. The van der Waals surface area contributed by atoms with E-state index in [1.165, 1.54) is 6.20 Å². The minimum absolute atomic E-state index is 0.0262. The fourth-order valence-corrected chi connectivity index (χ4v) is 4.16. The van der Waals surface area contributed by atoms with Gasteiger partial charge in [-0.15, -0.1) is 0 Å². The predicted octanol–water partition coefficient (Wildman–Crippen LogP) is -0.326. The number of rotatable bonds is 3. The molecule has 0 bridgehead atoms. The zero-order valence-electron chi connectivity index (χ0n) is 10.5. The normalized spacial score (nSPS) is 24.9. The summed E-state index contributed by atoms with van der Waals surface area (Å²) in [6, 6.07) is 3.15. The smallest absolute Gasteiger partial charge is 0.253 e. The van der Waals surface area contributed by atoms with Gasteiger partial charge in [-0.05, 0) is 25.5 Å². The number of pyridine rings is 1. The average Bonchev–Trinajstić information content (AvgIpc) is 2.63. The van der Waals surface area contributed by atoms with Crippen LogP contribution in [0.4, 0.5) is 5.82 Å². The third-order valence-electron chi connectivity index (χ3n) is 3.09. The van der Waals surface area contributed by atoms with Crippen molar-refractivity contribution in [1.29, 1.82) is 0 Å². The molecule has 1 amide bonds. The summed E-state index contributed by atoms with van der Waals surface area (Å²) in [6.07, 6.45) is 1.81. The van der Waals surface area contributed by atoms with Crippen LogP contribution in [-0.2, 0) is 9.84 Å². The molecule has 1 unspecified atom stereocenters. The Morgan fingerprint density at radius 1 is 1.47 bits per heavy atom. The molecular weight excluding hydrogens is 268 g/mol. The molecule has 0 radical (unpaired) electrons. The van der Waals surface area contributed by atoms with Crippen molar-refractivity contribution in [3.63, 3.8) is 0 Å². The van der Waals surface area contributed by atoms with Crippen LogP contribution < -0.4 is 16.6 Å². The lowest BCUT2D eigenvalue weighted by molar-refractivity contribution is 0.0915. The highest BCUT2D eigenvalue weighted by Crippen LogP contribution is 2.23. The fraction of sp³-hybridized carbons (Fsp3) is 0.455. The summed E-state index contributed by atoms with van der Waals surface area (Å²) < 4.78 is 22.9. The van der Waals surface area contributed by atoms with Gasteiger partial charge in [0, 0.05) is 6.20 Å². The Labute approximate surface area is 111 Å². The Morgan fingerprint density at radius 2 is 2.21 bits per heavy atom. The first-order chi connectivity index (χ1) is 8.84. The monoisotopic (exact) mass is 284 g/mol. The maximum Gasteiger partial charge on any atom is 0.253 e. The predicted molar refractivity (Wildman–Crippen MR) is 71.2 cm³/mol. The van der Waals surface area contributed by atoms with Crippen LogP contribution in [0.15, 0.2) is 18.3 Å². The average molecular weight is 284 g/mol. The van der Waals surface area contributed by atoms with Gasteiger partial charge in [-0.2, -0.15) is 0 Å². The number of aromatic nitrogens is 1. The second-order valence-electron chi connectivity index (χ2n) is 4.93. The van der Waals surface area contributed by atoms with Gasteiger partial charge in [0.1, 0.15) is 5.82 Å². The molecule has 8 heteroatoms. The molecule has 1 aliphatic rings. The van der Waals surface area contributed by atoms with Crippen LogP contribution in [0, 0.1) is 0 Å². The topological polar surface area (TPSA) is 114 Å². The van der Waals surface area contributed by atoms with Crippen LogP contribution in [0.3, 0.4) is 0 Å². The first-order valence-corrected chi connectivity index (χ1v) is 7.61. The first-order valence-electron chi connectivity index (χ1n) is 5.79. The summed E-state index contributed by atoms with van der Waals surface area (Å²) in [5.74, 6) is 5.38. The molecule has 0 aliphatic carbocycles. The van der Waals surface area contributed by atoms with E-state index in [1.807, 2.05) is 0 Å². The van der Waals surface area contributed by atoms with Gasteiger partial charge in [0.25, 0.3) is 5.91 Å². The first kappa shape index (κ1) is 13.8. The number of carbonyl (C=O) groups is 1. The van der Waals surface area contributed by atoms with E-state index in [0.29, 0.717) is 17.8 Å². The molecule has 2 heterocycles. The van der Waals surface area contributed by atoms with Crippen molar-refractivity contribution in [3.05, 3.63) is 23.9 Å². The molecule has 1 aromatic rings. The van der Waals surface area contributed by atoms with Crippen LogP contribution in [0.5, 0.6) is 0 Å². The van der Waals surface area contributed by atoms with Gasteiger partial charge in [-0.1, -0.05) is 0 Å². The number of hydrazine groups is 1. The molecule has 19 heavy (non-hydrogen) atoms. The lowest BCUT2D eigenvalue weighted by Crippen LogP contribution is -2.46. The quantitative estimate of drug-likeness (QED) is 0.517. The summed E-state index contributed by atoms with van der Waals surface area (Å²) in [5, 5.41) is 2.75. The molecule has 0 spiro atoms. The van der Waals surface area contributed by atoms with E-state index in [0.717, 1.165) is 0 Å². The van der Waals surface area contributed by atoms with Crippen molar-refractivity contribution in [2.45, 2.75) is 18.9 Å². The van der Waals surface area contributed by atoms with E-state index in [2.05, 4.69) is 15.7 Å². The van der Waals surface area contributed by atoms with Crippen molar-refractivity contribution in [2.24, 2.45) is 5.84 Å². The number of nitrogen functional groups attached to an aromatic ring is 1. The van der Waals surface area contributed by atoms with Gasteiger partial charge in [-0.3, -0.25) is 4.79 Å². The fourth-order valence-electron chi connectivity index (χ4n) is 2.07. The number of nitrogens with two attached hydrogens (primary N) is 1. The second kappa shape index (κ2) is 4.78. The maximum atomic E-state index is 12.0. The van der Waals surface area contributed by atoms with Crippen LogP contribution in [0.25, 0.3) is 0 Å². The van der Waals surface area contributed by atoms with Gasteiger partial charge in [0.05, 0.1) is 22.6 Å². The minimum Gasteiger partial charge on any atom is -0.346 e. The van der Waals surface area contributed by atoms with Gasteiger partial charge in [0.15, 0.2) is 9.84 Å². The Kier molecular flexibility index (Phi) is 3.46. The van der Waals surface area contributed by atoms with E-state index in [9.17, 15) is 13.2 Å². The molecule has 1 aromatic heterocycles. The third-order valence-corrected chi connectivity index (χ3v) is 5.00. The molecule has 7 nitrogen and oxygen atoms in total. The number of nitrogens with zero attached hydrogens (tertiary/aromatic N) is 1. The van der Waals surface area contributed by atoms with Gasteiger partial charge < -0.3 is 10.7 Å². The number of hydrogen-bond donors (Lipinski definition) is 3. The van der Waals surface area contributed by atoms with E-state index in [1.54, 1.807) is 19.1 Å². The molecule has 1 atom stereocenters. The molecule has 4 N–H and O–H groups in total. The maximum absolute atomic E-state index is 12.0. The highest BCUT2D eigenvalue weighted by atomic mass is 32.2. The van der Waals surface area contributed by atoms with Gasteiger partial charge >= 0.3 is 0 Å². The highest BCUT2D eigenvalue weighted by molar-refractivity contribution is 7.91. The Morgan fingerprint density at radius 3 is 2.68 bits per heavy atom. The van der Waals surface area contributed by atoms with E-state index in [4.69, 9.17) is 5.84 Å².